The minimum Gasteiger partial charge on any atom is -0.466 e. The van der Waals surface area contributed by atoms with Crippen LogP contribution in [-0.2, 0) is 19.1 Å². The smallest absolute Gasteiger partial charge is 0.337 e. The molecule has 0 spiro atoms. The van der Waals surface area contributed by atoms with Crippen molar-refractivity contribution in [2.45, 2.75) is 39.7 Å². The Labute approximate surface area is 168 Å². The number of hydrogen-bond donors (Lipinski definition) is 2. The number of carbonyl (C=O) groups excluding carboxylic acids is 2. The fraction of sp³-hybridized carbons (Fsp3) is 0.400. The van der Waals surface area contributed by atoms with E-state index >= 15 is 0 Å². The summed E-state index contributed by atoms with van der Waals surface area (Å²) >= 11 is 0. The molecule has 9 heteroatoms. The molecule has 1 aliphatic heterocycles. The van der Waals surface area contributed by atoms with Crippen molar-refractivity contribution in [2.75, 3.05) is 19.5 Å². The number of anilines is 1. The van der Waals surface area contributed by atoms with Gasteiger partial charge in [-0.25, -0.2) is 9.59 Å². The maximum Gasteiger partial charge on any atom is 0.337 e. The van der Waals surface area contributed by atoms with Crippen molar-refractivity contribution in [1.82, 2.24) is 5.32 Å². The number of allylic oxidation sites excluding steroid dienone is 2. The summed E-state index contributed by atoms with van der Waals surface area (Å²) in [4.78, 5) is 36.4. The highest BCUT2D eigenvalue weighted by Gasteiger charge is 2.38. The van der Waals surface area contributed by atoms with Crippen LogP contribution in [0.5, 0.6) is 0 Å². The third kappa shape index (κ3) is 4.39. The Morgan fingerprint density at radius 3 is 2.24 bits per heavy atom. The number of nitro benzene ring substituents is 1. The summed E-state index contributed by atoms with van der Waals surface area (Å²) in [5.41, 5.74) is 1.97. The van der Waals surface area contributed by atoms with Gasteiger partial charge in [-0.15, -0.1) is 0 Å². The second-order valence-corrected chi connectivity index (χ2v) is 6.86. The molecule has 2 rings (SSSR count). The van der Waals surface area contributed by atoms with Gasteiger partial charge in [0.05, 0.1) is 35.2 Å². The molecule has 2 N–H and O–H groups in total. The van der Waals surface area contributed by atoms with Crippen LogP contribution in [-0.4, -0.2) is 37.1 Å². The molecule has 0 unspecified atom stereocenters. The zero-order valence-electron chi connectivity index (χ0n) is 17.3. The summed E-state index contributed by atoms with van der Waals surface area (Å²) in [5.74, 6) is -2.12. The van der Waals surface area contributed by atoms with Crippen molar-refractivity contribution in [3.05, 3.63) is 56.4 Å². The van der Waals surface area contributed by atoms with Crippen LogP contribution in [0.4, 0.5) is 11.4 Å². The van der Waals surface area contributed by atoms with Gasteiger partial charge in [0.2, 0.25) is 0 Å². The second-order valence-electron chi connectivity index (χ2n) is 6.86. The van der Waals surface area contributed by atoms with Crippen molar-refractivity contribution in [2.24, 2.45) is 0 Å². The number of nitrogens with one attached hydrogen (secondary N) is 2. The summed E-state index contributed by atoms with van der Waals surface area (Å²) < 4.78 is 10.3. The number of hydrogen-bond acceptors (Lipinski definition) is 8. The molecule has 1 aromatic carbocycles. The van der Waals surface area contributed by atoms with Gasteiger partial charge in [-0.1, -0.05) is 6.07 Å². The molecule has 0 aromatic heterocycles. The van der Waals surface area contributed by atoms with Crippen LogP contribution in [0.3, 0.4) is 0 Å². The van der Waals surface area contributed by atoms with E-state index in [1.807, 2.05) is 0 Å². The van der Waals surface area contributed by atoms with Crippen LogP contribution >= 0.6 is 0 Å². The molecule has 0 saturated carbocycles. The van der Waals surface area contributed by atoms with Gasteiger partial charge in [0.1, 0.15) is 5.69 Å². The number of benzene rings is 1. The van der Waals surface area contributed by atoms with Gasteiger partial charge in [-0.3, -0.25) is 10.1 Å². The predicted molar refractivity (Wildman–Crippen MR) is 107 cm³/mol. The normalized spacial score (nSPS) is 16.4. The van der Waals surface area contributed by atoms with Gasteiger partial charge in [0.15, 0.2) is 0 Å². The standard InChI is InChI=1S/C20H25N3O6/c1-10(2)29-20(25)17-12(4)22-11(3)16(19(24)28-6)18(17)13-7-8-14(21-5)15(9-13)23(26)27/h7-10,18,21-22H,1-6H3/t18-/m1/s1. The molecular weight excluding hydrogens is 378 g/mol. The summed E-state index contributed by atoms with van der Waals surface area (Å²) in [6, 6.07) is 4.54. The quantitative estimate of drug-likeness (QED) is 0.423. The minimum absolute atomic E-state index is 0.167. The van der Waals surface area contributed by atoms with Gasteiger partial charge in [-0.2, -0.15) is 0 Å². The van der Waals surface area contributed by atoms with Gasteiger partial charge < -0.3 is 20.1 Å². The van der Waals surface area contributed by atoms with Crippen molar-refractivity contribution in [3.8, 4) is 0 Å². The van der Waals surface area contributed by atoms with E-state index in [0.29, 0.717) is 22.6 Å². The Balaban J connectivity index is 2.75. The van der Waals surface area contributed by atoms with Crippen molar-refractivity contribution in [1.29, 1.82) is 0 Å². The number of nitro groups is 1. The van der Waals surface area contributed by atoms with Gasteiger partial charge in [0.25, 0.3) is 5.69 Å². The Hall–Kier alpha value is -3.36. The van der Waals surface area contributed by atoms with E-state index in [2.05, 4.69) is 10.6 Å². The first-order chi connectivity index (χ1) is 13.6. The van der Waals surface area contributed by atoms with E-state index in [1.165, 1.54) is 13.2 Å². The lowest BCUT2D eigenvalue weighted by Gasteiger charge is -2.30. The van der Waals surface area contributed by atoms with E-state index in [4.69, 9.17) is 9.47 Å². The highest BCUT2D eigenvalue weighted by molar-refractivity contribution is 6.00. The Morgan fingerprint density at radius 2 is 1.76 bits per heavy atom. The van der Waals surface area contributed by atoms with E-state index in [0.717, 1.165) is 0 Å². The molecule has 29 heavy (non-hydrogen) atoms. The Morgan fingerprint density at radius 1 is 1.17 bits per heavy atom. The molecule has 0 amide bonds. The first-order valence-corrected chi connectivity index (χ1v) is 9.06. The molecule has 0 aliphatic carbocycles. The SMILES string of the molecule is CNc1ccc([C@@H]2C(C(=O)OC)=C(C)NC(C)=C2C(=O)OC(C)C)cc1[N+](=O)[O-]. The van der Waals surface area contributed by atoms with Crippen molar-refractivity contribution >= 4 is 23.3 Å². The highest BCUT2D eigenvalue weighted by Crippen LogP contribution is 2.41. The first kappa shape index (κ1) is 21.9. The number of dihydropyridines is 1. The topological polar surface area (TPSA) is 120 Å². The van der Waals surface area contributed by atoms with Crippen LogP contribution in [0, 0.1) is 10.1 Å². The number of methoxy groups -OCH3 is 1. The molecular formula is C20H25N3O6. The van der Waals surface area contributed by atoms with E-state index in [-0.39, 0.29) is 22.9 Å². The monoisotopic (exact) mass is 403 g/mol. The molecule has 0 saturated heterocycles. The fourth-order valence-electron chi connectivity index (χ4n) is 3.35. The van der Waals surface area contributed by atoms with E-state index in [9.17, 15) is 19.7 Å². The number of esters is 2. The van der Waals surface area contributed by atoms with Crippen LogP contribution in [0.1, 0.15) is 39.2 Å². The molecule has 1 aromatic rings. The summed E-state index contributed by atoms with van der Waals surface area (Å²) in [6.07, 6.45) is -0.377. The van der Waals surface area contributed by atoms with Crippen LogP contribution in [0.25, 0.3) is 0 Å². The number of carbonyl (C=O) groups is 2. The van der Waals surface area contributed by atoms with E-state index in [1.54, 1.807) is 46.9 Å². The lowest BCUT2D eigenvalue weighted by molar-refractivity contribution is -0.384. The molecule has 1 aliphatic rings. The van der Waals surface area contributed by atoms with Crippen LogP contribution in [0.15, 0.2) is 40.7 Å². The number of rotatable bonds is 6. The molecule has 156 valence electrons. The minimum atomic E-state index is -0.875. The average Bonchev–Trinajstić information content (AvgIpc) is 2.65. The zero-order valence-corrected chi connectivity index (χ0v) is 17.3. The Kier molecular flexibility index (Phi) is 6.63. The molecule has 1 heterocycles. The lowest BCUT2D eigenvalue weighted by atomic mass is 9.80. The summed E-state index contributed by atoms with van der Waals surface area (Å²) in [5, 5.41) is 17.3. The van der Waals surface area contributed by atoms with Crippen molar-refractivity contribution in [3.63, 3.8) is 0 Å². The van der Waals surface area contributed by atoms with Crippen molar-refractivity contribution < 1.29 is 24.0 Å². The highest BCUT2D eigenvalue weighted by atomic mass is 16.6. The van der Waals surface area contributed by atoms with Gasteiger partial charge in [-0.05, 0) is 39.3 Å². The third-order valence-electron chi connectivity index (χ3n) is 4.55. The van der Waals surface area contributed by atoms with Crippen LogP contribution in [0.2, 0.25) is 0 Å². The summed E-state index contributed by atoms with van der Waals surface area (Å²) in [7, 11) is 2.81. The molecule has 0 radical (unpaired) electrons. The third-order valence-corrected chi connectivity index (χ3v) is 4.55. The fourth-order valence-corrected chi connectivity index (χ4v) is 3.35. The van der Waals surface area contributed by atoms with Crippen LogP contribution < -0.4 is 10.6 Å². The van der Waals surface area contributed by atoms with E-state index < -0.39 is 22.8 Å². The molecule has 0 fully saturated rings. The lowest BCUT2D eigenvalue weighted by Crippen LogP contribution is -2.33. The molecule has 9 nitrogen and oxygen atoms in total. The van der Waals surface area contributed by atoms with Gasteiger partial charge in [0, 0.05) is 24.5 Å². The second kappa shape index (κ2) is 8.76. The Bertz CT molecular complexity index is 917. The maximum absolute atomic E-state index is 12.9. The molecule has 0 bridgehead atoms. The zero-order chi connectivity index (χ0) is 21.9. The maximum atomic E-state index is 12.9. The average molecular weight is 403 g/mol. The first-order valence-electron chi connectivity index (χ1n) is 9.06. The predicted octanol–water partition coefficient (Wildman–Crippen LogP) is 3.00. The number of nitrogens with zero attached hydrogens (tertiary/aromatic N) is 1. The largest absolute Gasteiger partial charge is 0.466 e. The summed E-state index contributed by atoms with van der Waals surface area (Å²) in [6.45, 7) is 6.81. The van der Waals surface area contributed by atoms with Gasteiger partial charge >= 0.3 is 11.9 Å². The molecule has 1 atom stereocenters. The number of ether oxygens (including phenoxy) is 2.